The molecule has 1 unspecified atom stereocenters. The largest absolute Gasteiger partial charge is 0.339 e. The van der Waals surface area contributed by atoms with Gasteiger partial charge in [0.1, 0.15) is 0 Å². The van der Waals surface area contributed by atoms with Crippen LogP contribution in [-0.2, 0) is 9.59 Å². The van der Waals surface area contributed by atoms with Gasteiger partial charge in [-0.2, -0.15) is 0 Å². The van der Waals surface area contributed by atoms with Crippen LogP contribution in [0.4, 0.5) is 0 Å². The highest BCUT2D eigenvalue weighted by Gasteiger charge is 2.30. The lowest BCUT2D eigenvalue weighted by Gasteiger charge is -2.36. The van der Waals surface area contributed by atoms with Crippen LogP contribution in [0.5, 0.6) is 0 Å². The van der Waals surface area contributed by atoms with Gasteiger partial charge in [-0.15, -0.1) is 0 Å². The average molecular weight is 253 g/mol. The highest BCUT2D eigenvalue weighted by atomic mass is 16.2. The molecule has 1 atom stereocenters. The van der Waals surface area contributed by atoms with Gasteiger partial charge >= 0.3 is 0 Å². The molecule has 2 heterocycles. The molecule has 0 aromatic heterocycles. The number of carbonyl (C=O) groups excluding carboxylic acids is 2. The van der Waals surface area contributed by atoms with Gasteiger partial charge in [0.25, 0.3) is 0 Å². The first-order valence-corrected chi connectivity index (χ1v) is 6.88. The molecular weight excluding hydrogens is 230 g/mol. The third kappa shape index (κ3) is 2.83. The normalized spacial score (nSPS) is 24.7. The Hall–Kier alpha value is -1.10. The summed E-state index contributed by atoms with van der Waals surface area (Å²) in [5.74, 6) is 0.657. The maximum absolute atomic E-state index is 12.2. The molecule has 0 saturated carbocycles. The second kappa shape index (κ2) is 5.69. The van der Waals surface area contributed by atoms with Gasteiger partial charge in [0.15, 0.2) is 0 Å². The molecule has 0 bridgehead atoms. The van der Waals surface area contributed by atoms with Crippen LogP contribution in [0.15, 0.2) is 0 Å². The lowest BCUT2D eigenvalue weighted by molar-refractivity contribution is -0.143. The van der Waals surface area contributed by atoms with Crippen LogP contribution in [0.3, 0.4) is 0 Å². The molecule has 2 fully saturated rings. The Bertz CT molecular complexity index is 316. The fourth-order valence-electron chi connectivity index (χ4n) is 2.64. The van der Waals surface area contributed by atoms with Crippen molar-refractivity contribution in [1.29, 1.82) is 0 Å². The van der Waals surface area contributed by atoms with Gasteiger partial charge in [0.05, 0.1) is 5.92 Å². The Kier molecular flexibility index (Phi) is 4.22. The molecular formula is C13H23N3O2. The molecule has 2 aliphatic heterocycles. The van der Waals surface area contributed by atoms with E-state index in [9.17, 15) is 9.59 Å². The Morgan fingerprint density at radius 3 is 2.22 bits per heavy atom. The fraction of sp³-hybridized carbons (Fsp3) is 0.846. The van der Waals surface area contributed by atoms with Crippen molar-refractivity contribution in [3.8, 4) is 0 Å². The topological polar surface area (TPSA) is 52.7 Å². The van der Waals surface area contributed by atoms with Crippen molar-refractivity contribution in [2.45, 2.75) is 20.3 Å². The van der Waals surface area contributed by atoms with E-state index in [1.54, 1.807) is 0 Å². The molecule has 1 N–H and O–H groups in total. The van der Waals surface area contributed by atoms with Crippen molar-refractivity contribution in [3.05, 3.63) is 0 Å². The third-order valence-electron chi connectivity index (χ3n) is 3.81. The molecule has 0 radical (unpaired) electrons. The van der Waals surface area contributed by atoms with Gasteiger partial charge in [-0.25, -0.2) is 0 Å². The summed E-state index contributed by atoms with van der Waals surface area (Å²) in [4.78, 5) is 27.8. The van der Waals surface area contributed by atoms with Gasteiger partial charge in [0, 0.05) is 38.6 Å². The number of carbonyl (C=O) groups is 2. The summed E-state index contributed by atoms with van der Waals surface area (Å²) in [5, 5.41) is 3.22. The maximum atomic E-state index is 12.2. The zero-order chi connectivity index (χ0) is 13.1. The van der Waals surface area contributed by atoms with E-state index in [0.29, 0.717) is 26.2 Å². The van der Waals surface area contributed by atoms with E-state index in [1.807, 2.05) is 23.6 Å². The van der Waals surface area contributed by atoms with Crippen LogP contribution in [0, 0.1) is 11.8 Å². The smallest absolute Gasteiger partial charge is 0.227 e. The van der Waals surface area contributed by atoms with Crippen molar-refractivity contribution in [1.82, 2.24) is 15.1 Å². The van der Waals surface area contributed by atoms with E-state index in [1.165, 1.54) is 0 Å². The van der Waals surface area contributed by atoms with Crippen molar-refractivity contribution in [2.75, 3.05) is 39.3 Å². The number of nitrogens with one attached hydrogen (secondary N) is 1. The predicted molar refractivity (Wildman–Crippen MR) is 69.0 cm³/mol. The summed E-state index contributed by atoms with van der Waals surface area (Å²) in [6.45, 7) is 8.34. The van der Waals surface area contributed by atoms with E-state index < -0.39 is 0 Å². The molecule has 0 aromatic carbocycles. The van der Waals surface area contributed by atoms with Gasteiger partial charge in [-0.3, -0.25) is 9.59 Å². The highest BCUT2D eigenvalue weighted by Crippen LogP contribution is 2.14. The van der Waals surface area contributed by atoms with Crippen LogP contribution in [-0.4, -0.2) is 60.9 Å². The van der Waals surface area contributed by atoms with E-state index in [4.69, 9.17) is 0 Å². The summed E-state index contributed by atoms with van der Waals surface area (Å²) in [6, 6.07) is 0. The SMILES string of the molecule is CC(C)C(=O)N1CCN(C(=O)C2CCNC2)CC1. The summed E-state index contributed by atoms with van der Waals surface area (Å²) < 4.78 is 0. The van der Waals surface area contributed by atoms with Crippen molar-refractivity contribution in [2.24, 2.45) is 11.8 Å². The zero-order valence-electron chi connectivity index (χ0n) is 11.3. The minimum atomic E-state index is 0.0475. The predicted octanol–water partition coefficient (Wildman–Crippen LogP) is -0.0773. The second-order valence-corrected chi connectivity index (χ2v) is 5.49. The molecule has 0 spiro atoms. The van der Waals surface area contributed by atoms with E-state index in [-0.39, 0.29) is 23.7 Å². The first kappa shape index (κ1) is 13.3. The standard InChI is InChI=1S/C13H23N3O2/c1-10(2)12(17)15-5-7-16(8-6-15)13(18)11-3-4-14-9-11/h10-11,14H,3-9H2,1-2H3. The molecule has 2 aliphatic rings. The monoisotopic (exact) mass is 253 g/mol. The molecule has 102 valence electrons. The van der Waals surface area contributed by atoms with Crippen LogP contribution < -0.4 is 5.32 Å². The lowest BCUT2D eigenvalue weighted by Crippen LogP contribution is -2.52. The molecule has 2 saturated heterocycles. The number of piperazine rings is 1. The van der Waals surface area contributed by atoms with Gasteiger partial charge in [0.2, 0.25) is 11.8 Å². The van der Waals surface area contributed by atoms with E-state index in [0.717, 1.165) is 19.5 Å². The van der Waals surface area contributed by atoms with E-state index >= 15 is 0 Å². The van der Waals surface area contributed by atoms with Gasteiger partial charge in [-0.05, 0) is 13.0 Å². The van der Waals surface area contributed by atoms with Crippen LogP contribution >= 0.6 is 0 Å². The highest BCUT2D eigenvalue weighted by molar-refractivity contribution is 5.81. The fourth-order valence-corrected chi connectivity index (χ4v) is 2.64. The summed E-state index contributed by atoms with van der Waals surface area (Å²) >= 11 is 0. The van der Waals surface area contributed by atoms with Crippen LogP contribution in [0.2, 0.25) is 0 Å². The first-order chi connectivity index (χ1) is 8.59. The molecule has 5 nitrogen and oxygen atoms in total. The Labute approximate surface area is 108 Å². The molecule has 0 aliphatic carbocycles. The first-order valence-electron chi connectivity index (χ1n) is 6.88. The zero-order valence-corrected chi connectivity index (χ0v) is 11.3. The minimum Gasteiger partial charge on any atom is -0.339 e. The Balaban J connectivity index is 1.82. The molecule has 0 aromatic rings. The molecule has 18 heavy (non-hydrogen) atoms. The second-order valence-electron chi connectivity index (χ2n) is 5.49. The van der Waals surface area contributed by atoms with Crippen molar-refractivity contribution < 1.29 is 9.59 Å². The Morgan fingerprint density at radius 1 is 1.11 bits per heavy atom. The number of hydrogen-bond donors (Lipinski definition) is 1. The Morgan fingerprint density at radius 2 is 1.72 bits per heavy atom. The van der Waals surface area contributed by atoms with Gasteiger partial charge < -0.3 is 15.1 Å². The lowest BCUT2D eigenvalue weighted by atomic mass is 10.1. The van der Waals surface area contributed by atoms with Gasteiger partial charge in [-0.1, -0.05) is 13.8 Å². The molecule has 2 rings (SSSR count). The quantitative estimate of drug-likeness (QED) is 0.749. The maximum Gasteiger partial charge on any atom is 0.227 e. The average Bonchev–Trinajstić information content (AvgIpc) is 2.91. The van der Waals surface area contributed by atoms with Crippen molar-refractivity contribution in [3.63, 3.8) is 0 Å². The third-order valence-corrected chi connectivity index (χ3v) is 3.81. The number of rotatable bonds is 2. The minimum absolute atomic E-state index is 0.0475. The van der Waals surface area contributed by atoms with E-state index in [2.05, 4.69) is 5.32 Å². The number of nitrogens with zero attached hydrogens (tertiary/aromatic N) is 2. The summed E-state index contributed by atoms with van der Waals surface area (Å²) in [7, 11) is 0. The van der Waals surface area contributed by atoms with Crippen LogP contribution in [0.1, 0.15) is 20.3 Å². The van der Waals surface area contributed by atoms with Crippen LogP contribution in [0.25, 0.3) is 0 Å². The number of amides is 2. The summed E-state index contributed by atoms with van der Waals surface area (Å²) in [5.41, 5.74) is 0. The van der Waals surface area contributed by atoms with Crippen molar-refractivity contribution >= 4 is 11.8 Å². The molecule has 5 heteroatoms. The number of hydrogen-bond acceptors (Lipinski definition) is 3. The molecule has 2 amide bonds. The summed E-state index contributed by atoms with van der Waals surface area (Å²) in [6.07, 6.45) is 0.948.